The number of nitrogen functional groups attached to an aromatic ring is 1. The van der Waals surface area contributed by atoms with Crippen LogP contribution in [0.4, 0.5) is 11.8 Å². The van der Waals surface area contributed by atoms with Crippen molar-refractivity contribution in [2.24, 2.45) is 0 Å². The van der Waals surface area contributed by atoms with Gasteiger partial charge in [0, 0.05) is 45.3 Å². The first-order valence-electron chi connectivity index (χ1n) is 6.87. The smallest absolute Gasteiger partial charge is 0.227 e. The summed E-state index contributed by atoms with van der Waals surface area (Å²) in [5, 5.41) is 8.87. The molecule has 7 nitrogen and oxygen atoms in total. The first-order chi connectivity index (χ1) is 9.67. The number of hydrogen-bond donors (Lipinski definition) is 1. The van der Waals surface area contributed by atoms with Crippen molar-refractivity contribution in [2.75, 3.05) is 56.9 Å². The largest absolute Gasteiger partial charge is 0.382 e. The number of nitrogens with zero attached hydrogens (tertiary/aromatic N) is 6. The van der Waals surface area contributed by atoms with E-state index >= 15 is 0 Å². The second-order valence-corrected chi connectivity index (χ2v) is 5.48. The van der Waals surface area contributed by atoms with Gasteiger partial charge in [-0.3, -0.25) is 4.90 Å². The Morgan fingerprint density at radius 1 is 1.30 bits per heavy atom. The summed E-state index contributed by atoms with van der Waals surface area (Å²) in [7, 11) is 2.16. The molecular formula is C13H19N7. The highest BCUT2D eigenvalue weighted by atomic mass is 15.4. The number of likely N-dealkylation sites (N-methyl/N-ethyl adjacent to an activating group) is 1. The molecule has 2 aliphatic rings. The fraction of sp³-hybridized carbons (Fsp3) is 0.615. The molecular weight excluding hydrogens is 254 g/mol. The normalized spacial score (nSPS) is 24.2. The van der Waals surface area contributed by atoms with Gasteiger partial charge in [0.2, 0.25) is 5.95 Å². The molecule has 2 fully saturated rings. The van der Waals surface area contributed by atoms with Crippen LogP contribution in [0.15, 0.2) is 6.20 Å². The molecule has 2 saturated heterocycles. The molecule has 1 atom stereocenters. The summed E-state index contributed by atoms with van der Waals surface area (Å²) < 4.78 is 0. The van der Waals surface area contributed by atoms with Crippen molar-refractivity contribution in [1.82, 2.24) is 19.8 Å². The average molecular weight is 273 g/mol. The summed E-state index contributed by atoms with van der Waals surface area (Å²) in [5.74, 6) is 0.898. The second-order valence-electron chi connectivity index (χ2n) is 5.48. The minimum atomic E-state index is 0.265. The van der Waals surface area contributed by atoms with Crippen LogP contribution in [-0.2, 0) is 0 Å². The summed E-state index contributed by atoms with van der Waals surface area (Å²) in [4.78, 5) is 15.6. The number of anilines is 2. The fourth-order valence-corrected chi connectivity index (χ4v) is 2.92. The van der Waals surface area contributed by atoms with Crippen molar-refractivity contribution in [3.63, 3.8) is 0 Å². The van der Waals surface area contributed by atoms with Gasteiger partial charge in [-0.1, -0.05) is 0 Å². The maximum atomic E-state index is 8.87. The lowest BCUT2D eigenvalue weighted by atomic mass is 10.1. The molecule has 106 valence electrons. The molecule has 0 aliphatic carbocycles. The van der Waals surface area contributed by atoms with Gasteiger partial charge in [-0.2, -0.15) is 10.2 Å². The van der Waals surface area contributed by atoms with E-state index in [-0.39, 0.29) is 5.82 Å². The Labute approximate surface area is 118 Å². The third-order valence-corrected chi connectivity index (χ3v) is 4.10. The van der Waals surface area contributed by atoms with Crippen molar-refractivity contribution >= 4 is 11.8 Å². The van der Waals surface area contributed by atoms with Gasteiger partial charge >= 0.3 is 0 Å². The van der Waals surface area contributed by atoms with Gasteiger partial charge in [-0.15, -0.1) is 0 Å². The molecule has 20 heavy (non-hydrogen) atoms. The van der Waals surface area contributed by atoms with Crippen LogP contribution in [0.2, 0.25) is 0 Å². The maximum Gasteiger partial charge on any atom is 0.227 e. The van der Waals surface area contributed by atoms with Crippen LogP contribution >= 0.6 is 0 Å². The van der Waals surface area contributed by atoms with Gasteiger partial charge in [-0.05, 0) is 7.05 Å². The zero-order valence-electron chi connectivity index (χ0n) is 11.7. The minimum Gasteiger partial charge on any atom is -0.382 e. The molecule has 7 heteroatoms. The Morgan fingerprint density at radius 3 is 2.85 bits per heavy atom. The Kier molecular flexibility index (Phi) is 3.42. The number of aromatic nitrogens is 2. The lowest BCUT2D eigenvalue weighted by Gasteiger charge is -2.46. The zero-order valence-corrected chi connectivity index (χ0v) is 11.7. The van der Waals surface area contributed by atoms with E-state index in [0.29, 0.717) is 17.6 Å². The van der Waals surface area contributed by atoms with Gasteiger partial charge < -0.3 is 15.5 Å². The molecule has 0 radical (unpaired) electrons. The molecule has 0 spiro atoms. The summed E-state index contributed by atoms with van der Waals surface area (Å²) >= 11 is 0. The van der Waals surface area contributed by atoms with Crippen LogP contribution in [0, 0.1) is 11.3 Å². The van der Waals surface area contributed by atoms with E-state index in [1.165, 1.54) is 6.20 Å². The second kappa shape index (κ2) is 5.23. The first kappa shape index (κ1) is 13.1. The molecule has 3 rings (SSSR count). The first-order valence-corrected chi connectivity index (χ1v) is 6.87. The zero-order chi connectivity index (χ0) is 14.1. The van der Waals surface area contributed by atoms with E-state index in [9.17, 15) is 0 Å². The molecule has 2 aliphatic heterocycles. The highest BCUT2D eigenvalue weighted by Crippen LogP contribution is 2.19. The van der Waals surface area contributed by atoms with Gasteiger partial charge in [0.05, 0.1) is 6.20 Å². The van der Waals surface area contributed by atoms with Crippen molar-refractivity contribution in [3.8, 4) is 6.07 Å². The highest BCUT2D eigenvalue weighted by molar-refractivity contribution is 5.50. The molecule has 0 aromatic carbocycles. The van der Waals surface area contributed by atoms with Crippen molar-refractivity contribution in [2.45, 2.75) is 6.04 Å². The van der Waals surface area contributed by atoms with Crippen LogP contribution in [0.25, 0.3) is 0 Å². The number of piperazine rings is 2. The van der Waals surface area contributed by atoms with Crippen molar-refractivity contribution in [3.05, 3.63) is 11.8 Å². The van der Waals surface area contributed by atoms with Crippen LogP contribution in [0.3, 0.4) is 0 Å². The van der Waals surface area contributed by atoms with Gasteiger partial charge in [-0.25, -0.2) is 4.98 Å². The lowest BCUT2D eigenvalue weighted by Crippen LogP contribution is -2.61. The number of nitrogens with two attached hydrogens (primary N) is 1. The quantitative estimate of drug-likeness (QED) is 0.729. The van der Waals surface area contributed by atoms with Crippen LogP contribution in [0.5, 0.6) is 0 Å². The Balaban J connectivity index is 1.75. The number of rotatable bonds is 1. The van der Waals surface area contributed by atoms with E-state index in [1.807, 2.05) is 6.07 Å². The van der Waals surface area contributed by atoms with E-state index < -0.39 is 0 Å². The summed E-state index contributed by atoms with van der Waals surface area (Å²) in [5.41, 5.74) is 6.11. The van der Waals surface area contributed by atoms with Crippen LogP contribution < -0.4 is 10.6 Å². The molecule has 3 heterocycles. The van der Waals surface area contributed by atoms with E-state index in [4.69, 9.17) is 11.0 Å². The molecule has 2 N–H and O–H groups in total. The number of fused-ring (bicyclic) bond motifs is 1. The monoisotopic (exact) mass is 273 g/mol. The Hall–Kier alpha value is -1.91. The van der Waals surface area contributed by atoms with Gasteiger partial charge in [0.1, 0.15) is 17.5 Å². The van der Waals surface area contributed by atoms with Crippen LogP contribution in [-0.4, -0.2) is 72.1 Å². The SMILES string of the molecule is CN1CCN2CCN(c3ncc(C#N)c(N)n3)CC2C1. The third kappa shape index (κ3) is 2.40. The molecule has 1 aromatic heterocycles. The number of hydrogen-bond acceptors (Lipinski definition) is 7. The highest BCUT2D eigenvalue weighted by Gasteiger charge is 2.31. The maximum absolute atomic E-state index is 8.87. The topological polar surface area (TPSA) is 85.3 Å². The molecule has 1 unspecified atom stereocenters. The van der Waals surface area contributed by atoms with Crippen molar-refractivity contribution in [1.29, 1.82) is 5.26 Å². The van der Waals surface area contributed by atoms with E-state index in [1.54, 1.807) is 0 Å². The summed E-state index contributed by atoms with van der Waals surface area (Å²) in [6.07, 6.45) is 1.51. The molecule has 0 bridgehead atoms. The lowest BCUT2D eigenvalue weighted by molar-refractivity contribution is 0.0802. The Morgan fingerprint density at radius 2 is 2.10 bits per heavy atom. The number of nitriles is 1. The fourth-order valence-electron chi connectivity index (χ4n) is 2.92. The summed E-state index contributed by atoms with van der Waals surface area (Å²) in [6, 6.07) is 2.51. The predicted octanol–water partition coefficient (Wildman–Crippen LogP) is -0.634. The Bertz CT molecular complexity index is 538. The van der Waals surface area contributed by atoms with E-state index in [2.05, 4.69) is 31.7 Å². The predicted molar refractivity (Wildman–Crippen MR) is 76.2 cm³/mol. The van der Waals surface area contributed by atoms with E-state index in [0.717, 1.165) is 39.3 Å². The van der Waals surface area contributed by atoms with Gasteiger partial charge in [0.25, 0.3) is 0 Å². The van der Waals surface area contributed by atoms with Crippen LogP contribution in [0.1, 0.15) is 5.56 Å². The molecule has 1 aromatic rings. The molecule has 0 amide bonds. The average Bonchev–Trinajstić information content (AvgIpc) is 2.46. The standard InChI is InChI=1S/C13H19N7/c1-18-2-3-19-4-5-20(9-11(19)8-18)13-16-7-10(6-14)12(15)17-13/h7,11H,2-5,8-9H2,1H3,(H2,15,16,17). The summed E-state index contributed by atoms with van der Waals surface area (Å²) in [6.45, 7) is 6.19. The molecule has 0 saturated carbocycles. The van der Waals surface area contributed by atoms with Crippen molar-refractivity contribution < 1.29 is 0 Å². The van der Waals surface area contributed by atoms with Gasteiger partial charge in [0.15, 0.2) is 0 Å². The third-order valence-electron chi connectivity index (χ3n) is 4.10. The minimum absolute atomic E-state index is 0.265.